The summed E-state index contributed by atoms with van der Waals surface area (Å²) in [7, 11) is 1.63. The minimum atomic E-state index is -0.0475. The number of nitrogens with one attached hydrogen (secondary N) is 3. The van der Waals surface area contributed by atoms with Gasteiger partial charge in [0.05, 0.1) is 43.8 Å². The van der Waals surface area contributed by atoms with Crippen LogP contribution in [0.25, 0.3) is 11.0 Å². The summed E-state index contributed by atoms with van der Waals surface area (Å²) in [5.74, 6) is 1.46. The van der Waals surface area contributed by atoms with Crippen LogP contribution in [0, 0.1) is 0 Å². The van der Waals surface area contributed by atoms with Crippen LogP contribution < -0.4 is 15.4 Å². The van der Waals surface area contributed by atoms with Gasteiger partial charge in [0.15, 0.2) is 0 Å². The maximum atomic E-state index is 11.9. The molecule has 3 rings (SSSR count). The van der Waals surface area contributed by atoms with Crippen LogP contribution in [0.2, 0.25) is 0 Å². The third kappa shape index (κ3) is 5.24. The van der Waals surface area contributed by atoms with Crippen LogP contribution in [0.15, 0.2) is 18.2 Å². The summed E-state index contributed by atoms with van der Waals surface area (Å²) in [5.41, 5.74) is 1.74. The van der Waals surface area contributed by atoms with Gasteiger partial charge < -0.3 is 25.1 Å². The van der Waals surface area contributed by atoms with Gasteiger partial charge >= 0.3 is 0 Å². The number of nitrogens with zero attached hydrogens (tertiary/aromatic N) is 1. The Morgan fingerprint density at radius 3 is 3.00 bits per heavy atom. The lowest BCUT2D eigenvalue weighted by Gasteiger charge is -2.22. The van der Waals surface area contributed by atoms with E-state index < -0.39 is 0 Å². The number of amides is 1. The van der Waals surface area contributed by atoms with Crippen molar-refractivity contribution in [1.82, 2.24) is 20.6 Å². The Labute approximate surface area is 152 Å². The molecule has 2 heterocycles. The number of ether oxygens (including phenoxy) is 2. The quantitative estimate of drug-likeness (QED) is 0.734. The van der Waals surface area contributed by atoms with E-state index >= 15 is 0 Å². The number of hydrogen-bond donors (Lipinski definition) is 3. The maximum absolute atomic E-state index is 11.9. The number of morpholine rings is 1. The highest BCUT2D eigenvalue weighted by Gasteiger charge is 2.17. The fraction of sp³-hybridized carbons (Fsp3) is 0.467. The molecule has 24 heavy (non-hydrogen) atoms. The van der Waals surface area contributed by atoms with E-state index in [2.05, 4.69) is 20.6 Å². The number of imidazole rings is 1. The first-order valence-corrected chi connectivity index (χ1v) is 7.36. The van der Waals surface area contributed by atoms with Gasteiger partial charge in [0.1, 0.15) is 11.6 Å². The van der Waals surface area contributed by atoms with E-state index in [-0.39, 0.29) is 36.8 Å². The van der Waals surface area contributed by atoms with E-state index in [4.69, 9.17) is 9.47 Å². The minimum Gasteiger partial charge on any atom is -0.497 e. The molecule has 9 heteroatoms. The van der Waals surface area contributed by atoms with Gasteiger partial charge in [-0.1, -0.05) is 0 Å². The van der Waals surface area contributed by atoms with E-state index in [1.807, 2.05) is 18.2 Å². The van der Waals surface area contributed by atoms with E-state index in [0.29, 0.717) is 19.6 Å². The number of carbonyl (C=O) groups excluding carboxylic acids is 1. The van der Waals surface area contributed by atoms with E-state index in [0.717, 1.165) is 35.7 Å². The predicted octanol–water partition coefficient (Wildman–Crippen LogP) is 1.41. The molecule has 1 saturated heterocycles. The van der Waals surface area contributed by atoms with E-state index in [1.54, 1.807) is 7.11 Å². The molecule has 1 atom stereocenters. The van der Waals surface area contributed by atoms with Gasteiger partial charge in [-0.3, -0.25) is 4.79 Å². The first kappa shape index (κ1) is 20.5. The second kappa shape index (κ2) is 9.68. The fourth-order valence-electron chi connectivity index (χ4n) is 2.46. The number of aromatic amines is 1. The van der Waals surface area contributed by atoms with Crippen LogP contribution in [0.3, 0.4) is 0 Å². The van der Waals surface area contributed by atoms with E-state index in [9.17, 15) is 4.79 Å². The molecule has 134 valence electrons. The van der Waals surface area contributed by atoms with Crippen LogP contribution in [0.4, 0.5) is 0 Å². The lowest BCUT2D eigenvalue weighted by Crippen LogP contribution is -2.41. The Morgan fingerprint density at radius 1 is 1.46 bits per heavy atom. The van der Waals surface area contributed by atoms with Crippen LogP contribution >= 0.6 is 24.8 Å². The van der Waals surface area contributed by atoms with Crippen LogP contribution in [0.5, 0.6) is 5.75 Å². The van der Waals surface area contributed by atoms with Gasteiger partial charge in [-0.05, 0) is 12.1 Å². The number of fused-ring (bicyclic) bond motifs is 1. The molecule has 1 unspecified atom stereocenters. The Bertz CT molecular complexity index is 659. The number of methoxy groups -OCH3 is 1. The summed E-state index contributed by atoms with van der Waals surface area (Å²) in [6.45, 7) is 2.59. The lowest BCUT2D eigenvalue weighted by atomic mass is 10.2. The molecule has 0 spiro atoms. The minimum absolute atomic E-state index is 0. The zero-order chi connectivity index (χ0) is 15.4. The van der Waals surface area contributed by atoms with Gasteiger partial charge in [-0.25, -0.2) is 4.98 Å². The SMILES string of the molecule is COc1ccc2nc(CNC(=O)CC3CNCCO3)[nH]c2c1.Cl.Cl. The van der Waals surface area contributed by atoms with Crippen LogP contribution in [0.1, 0.15) is 12.2 Å². The van der Waals surface area contributed by atoms with Crippen molar-refractivity contribution in [2.24, 2.45) is 0 Å². The molecule has 0 saturated carbocycles. The monoisotopic (exact) mass is 376 g/mol. The number of benzene rings is 1. The van der Waals surface area contributed by atoms with Gasteiger partial charge in [0.2, 0.25) is 5.91 Å². The molecule has 0 aliphatic carbocycles. The molecule has 0 bridgehead atoms. The predicted molar refractivity (Wildman–Crippen MR) is 96.2 cm³/mol. The van der Waals surface area contributed by atoms with Crippen molar-refractivity contribution in [1.29, 1.82) is 0 Å². The second-order valence-electron chi connectivity index (χ2n) is 5.24. The first-order chi connectivity index (χ1) is 10.7. The van der Waals surface area contributed by atoms with E-state index in [1.165, 1.54) is 0 Å². The Balaban J connectivity index is 0.00000144. The highest BCUT2D eigenvalue weighted by atomic mass is 35.5. The molecule has 1 aromatic heterocycles. The molecule has 1 amide bonds. The average molecular weight is 377 g/mol. The summed E-state index contributed by atoms with van der Waals surface area (Å²) < 4.78 is 10.7. The topological polar surface area (TPSA) is 88.3 Å². The normalized spacial score (nSPS) is 16.8. The van der Waals surface area contributed by atoms with Crippen molar-refractivity contribution in [3.8, 4) is 5.75 Å². The maximum Gasteiger partial charge on any atom is 0.223 e. The highest BCUT2D eigenvalue weighted by Crippen LogP contribution is 2.18. The molecular weight excluding hydrogens is 355 g/mol. The molecule has 1 aromatic carbocycles. The molecule has 1 fully saturated rings. The number of H-pyrrole nitrogens is 1. The largest absolute Gasteiger partial charge is 0.497 e. The number of halogens is 2. The van der Waals surface area contributed by atoms with Crippen molar-refractivity contribution >= 4 is 41.8 Å². The summed E-state index contributed by atoms with van der Waals surface area (Å²) >= 11 is 0. The fourth-order valence-corrected chi connectivity index (χ4v) is 2.46. The van der Waals surface area contributed by atoms with Crippen molar-refractivity contribution in [2.75, 3.05) is 26.8 Å². The average Bonchev–Trinajstić information content (AvgIpc) is 2.95. The summed E-state index contributed by atoms with van der Waals surface area (Å²) in [6.07, 6.45) is 0.315. The number of aromatic nitrogens is 2. The summed E-state index contributed by atoms with van der Waals surface area (Å²) in [6, 6.07) is 5.63. The van der Waals surface area contributed by atoms with Crippen LogP contribution in [-0.2, 0) is 16.1 Å². The Morgan fingerprint density at radius 2 is 2.29 bits per heavy atom. The van der Waals surface area contributed by atoms with Crippen molar-refractivity contribution < 1.29 is 14.3 Å². The highest BCUT2D eigenvalue weighted by molar-refractivity contribution is 5.85. The molecule has 2 aromatic rings. The molecule has 1 aliphatic heterocycles. The van der Waals surface area contributed by atoms with Crippen molar-refractivity contribution in [3.63, 3.8) is 0 Å². The molecular formula is C15H22Cl2N4O3. The van der Waals surface area contributed by atoms with Gasteiger partial charge in [0, 0.05) is 19.2 Å². The molecule has 0 radical (unpaired) electrons. The number of carbonyl (C=O) groups is 1. The van der Waals surface area contributed by atoms with Gasteiger partial charge in [-0.15, -0.1) is 24.8 Å². The summed E-state index contributed by atoms with van der Waals surface area (Å²) in [5, 5.41) is 6.07. The number of hydrogen-bond acceptors (Lipinski definition) is 5. The van der Waals surface area contributed by atoms with Crippen LogP contribution in [-0.4, -0.2) is 48.8 Å². The van der Waals surface area contributed by atoms with Gasteiger partial charge in [0.25, 0.3) is 0 Å². The number of rotatable bonds is 5. The molecule has 3 N–H and O–H groups in total. The first-order valence-electron chi connectivity index (χ1n) is 7.36. The Kier molecular flexibility index (Phi) is 8.27. The zero-order valence-electron chi connectivity index (χ0n) is 13.3. The standard InChI is InChI=1S/C15H20N4O3.2ClH/c1-21-10-2-3-12-13(6-10)19-14(18-12)9-17-15(20)7-11-8-16-4-5-22-11;;/h2-3,6,11,16H,4-5,7-9H2,1H3,(H,17,20)(H,18,19);2*1H. The Hall–Kier alpha value is -1.54. The molecule has 1 aliphatic rings. The molecule has 7 nitrogen and oxygen atoms in total. The zero-order valence-corrected chi connectivity index (χ0v) is 15.0. The smallest absolute Gasteiger partial charge is 0.223 e. The summed E-state index contributed by atoms with van der Waals surface area (Å²) in [4.78, 5) is 19.5. The van der Waals surface area contributed by atoms with Crippen molar-refractivity contribution in [3.05, 3.63) is 24.0 Å². The van der Waals surface area contributed by atoms with Gasteiger partial charge in [-0.2, -0.15) is 0 Å². The third-order valence-corrected chi connectivity index (χ3v) is 3.61. The van der Waals surface area contributed by atoms with Crippen molar-refractivity contribution in [2.45, 2.75) is 19.1 Å². The lowest BCUT2D eigenvalue weighted by molar-refractivity contribution is -0.124. The third-order valence-electron chi connectivity index (χ3n) is 3.61. The second-order valence-corrected chi connectivity index (χ2v) is 5.24.